The van der Waals surface area contributed by atoms with Gasteiger partial charge in [0.1, 0.15) is 18.1 Å². The standard InChI is InChI=1S/C36H38F6N4O5.ClH/c1-3-7-31-34(51-26-12-10-25(11-13-26)35(37,38)39,15-6-17-46(31)32(47)27-24-43-16-14-28(27)36(40,41)42)33(48)45-20-18-44(19-21-45)29-8-4-5-9-30(29)50-23-22-49-2;/h3-5,8-14,16,24,31H,1,6-7,15,17-23H2,2H3;1H/t31-,34+;/m1./s1. The Balaban J connectivity index is 0.00000605. The summed E-state index contributed by atoms with van der Waals surface area (Å²) >= 11 is 0. The lowest BCUT2D eigenvalue weighted by atomic mass is 9.80. The van der Waals surface area contributed by atoms with E-state index in [-0.39, 0.29) is 57.1 Å². The molecule has 0 bridgehead atoms. The van der Waals surface area contributed by atoms with Crippen molar-refractivity contribution in [2.45, 2.75) is 43.3 Å². The minimum atomic E-state index is -4.87. The molecule has 282 valence electrons. The third kappa shape index (κ3) is 8.75. The molecule has 2 atom stereocenters. The summed E-state index contributed by atoms with van der Waals surface area (Å²) < 4.78 is 99.6. The molecular weight excluding hydrogens is 718 g/mol. The van der Waals surface area contributed by atoms with Gasteiger partial charge in [-0.2, -0.15) is 26.3 Å². The molecule has 9 nitrogen and oxygen atoms in total. The molecule has 52 heavy (non-hydrogen) atoms. The summed E-state index contributed by atoms with van der Waals surface area (Å²) in [5.74, 6) is -0.987. The summed E-state index contributed by atoms with van der Waals surface area (Å²) in [5.41, 5.74) is -3.89. The Kier molecular flexibility index (Phi) is 13.1. The summed E-state index contributed by atoms with van der Waals surface area (Å²) in [6.07, 6.45) is -6.17. The number of amides is 2. The molecule has 1 aromatic heterocycles. The molecule has 0 saturated carbocycles. The number of hydrogen-bond donors (Lipinski definition) is 0. The number of aromatic nitrogens is 1. The molecule has 0 radical (unpaired) electrons. The Morgan fingerprint density at radius 3 is 2.27 bits per heavy atom. The first-order valence-corrected chi connectivity index (χ1v) is 16.3. The van der Waals surface area contributed by atoms with Gasteiger partial charge in [0.25, 0.3) is 11.8 Å². The number of methoxy groups -OCH3 is 1. The van der Waals surface area contributed by atoms with E-state index in [1.54, 1.807) is 12.0 Å². The lowest BCUT2D eigenvalue weighted by Crippen LogP contribution is -2.69. The first-order chi connectivity index (χ1) is 24.3. The van der Waals surface area contributed by atoms with Crippen LogP contribution in [-0.4, -0.2) is 91.3 Å². The molecule has 2 aromatic carbocycles. The summed E-state index contributed by atoms with van der Waals surface area (Å²) in [7, 11) is 1.57. The number of anilines is 1. The Morgan fingerprint density at radius 2 is 1.63 bits per heavy atom. The number of likely N-dealkylation sites (tertiary alicyclic amines) is 1. The molecule has 16 heteroatoms. The summed E-state index contributed by atoms with van der Waals surface area (Å²) in [5, 5.41) is 0. The van der Waals surface area contributed by atoms with Gasteiger partial charge in [0.15, 0.2) is 0 Å². The van der Waals surface area contributed by atoms with Crippen LogP contribution in [0.25, 0.3) is 0 Å². The molecule has 2 saturated heterocycles. The highest BCUT2D eigenvalue weighted by Gasteiger charge is 2.56. The van der Waals surface area contributed by atoms with Gasteiger partial charge in [-0.1, -0.05) is 18.2 Å². The van der Waals surface area contributed by atoms with E-state index >= 15 is 0 Å². The van der Waals surface area contributed by atoms with E-state index in [1.807, 2.05) is 29.2 Å². The van der Waals surface area contributed by atoms with Crippen LogP contribution in [0.2, 0.25) is 0 Å². The third-order valence-corrected chi connectivity index (χ3v) is 9.03. The third-order valence-electron chi connectivity index (χ3n) is 9.03. The number of piperidine rings is 1. The van der Waals surface area contributed by atoms with Gasteiger partial charge in [0.05, 0.1) is 35.0 Å². The van der Waals surface area contributed by atoms with Crippen molar-refractivity contribution in [3.8, 4) is 11.5 Å². The summed E-state index contributed by atoms with van der Waals surface area (Å²) in [4.78, 5) is 37.3. The van der Waals surface area contributed by atoms with Gasteiger partial charge in [0.2, 0.25) is 5.60 Å². The van der Waals surface area contributed by atoms with Crippen LogP contribution in [0.3, 0.4) is 0 Å². The number of piperazine rings is 1. The van der Waals surface area contributed by atoms with Crippen LogP contribution in [0.4, 0.5) is 32.0 Å². The molecule has 2 amide bonds. The van der Waals surface area contributed by atoms with Crippen molar-refractivity contribution < 1.29 is 50.1 Å². The van der Waals surface area contributed by atoms with Gasteiger partial charge in [-0.3, -0.25) is 14.6 Å². The van der Waals surface area contributed by atoms with Gasteiger partial charge in [0, 0.05) is 58.6 Å². The van der Waals surface area contributed by atoms with Crippen LogP contribution in [0.15, 0.2) is 79.6 Å². The van der Waals surface area contributed by atoms with Crippen molar-refractivity contribution in [2.75, 3.05) is 57.9 Å². The largest absolute Gasteiger partial charge is 0.489 e. The lowest BCUT2D eigenvalue weighted by molar-refractivity contribution is -0.159. The van der Waals surface area contributed by atoms with E-state index in [4.69, 9.17) is 14.2 Å². The number of ether oxygens (including phenoxy) is 3. The average molecular weight is 757 g/mol. The van der Waals surface area contributed by atoms with E-state index < -0.39 is 52.5 Å². The molecule has 5 rings (SSSR count). The maximum Gasteiger partial charge on any atom is 0.417 e. The van der Waals surface area contributed by atoms with E-state index in [2.05, 4.69) is 11.6 Å². The fourth-order valence-electron chi connectivity index (χ4n) is 6.60. The van der Waals surface area contributed by atoms with Gasteiger partial charge in [-0.25, -0.2) is 0 Å². The average Bonchev–Trinajstić information content (AvgIpc) is 3.12. The van der Waals surface area contributed by atoms with Crippen molar-refractivity contribution in [2.24, 2.45) is 0 Å². The van der Waals surface area contributed by atoms with E-state index in [1.165, 1.54) is 11.0 Å². The highest BCUT2D eigenvalue weighted by molar-refractivity contribution is 5.97. The number of benzene rings is 2. The number of carbonyl (C=O) groups excluding carboxylic acids is 2. The van der Waals surface area contributed by atoms with Crippen LogP contribution in [0.1, 0.15) is 40.7 Å². The molecule has 2 aliphatic rings. The highest BCUT2D eigenvalue weighted by atomic mass is 35.5. The van der Waals surface area contributed by atoms with E-state index in [9.17, 15) is 35.9 Å². The van der Waals surface area contributed by atoms with Gasteiger partial charge < -0.3 is 28.9 Å². The Labute approximate surface area is 303 Å². The van der Waals surface area contributed by atoms with Gasteiger partial charge in [-0.05, 0) is 55.3 Å². The van der Waals surface area contributed by atoms with Gasteiger partial charge >= 0.3 is 12.4 Å². The number of pyridine rings is 1. The first kappa shape index (κ1) is 40.3. The van der Waals surface area contributed by atoms with Crippen molar-refractivity contribution in [1.29, 1.82) is 0 Å². The topological polar surface area (TPSA) is 84.4 Å². The second-order valence-corrected chi connectivity index (χ2v) is 12.2. The highest BCUT2D eigenvalue weighted by Crippen LogP contribution is 2.40. The Bertz CT molecular complexity index is 1680. The van der Waals surface area contributed by atoms with Crippen molar-refractivity contribution in [3.63, 3.8) is 0 Å². The fourth-order valence-corrected chi connectivity index (χ4v) is 6.60. The van der Waals surface area contributed by atoms with E-state index in [0.29, 0.717) is 38.1 Å². The Hall–Kier alpha value is -4.50. The molecule has 2 fully saturated rings. The number of para-hydroxylation sites is 2. The zero-order valence-electron chi connectivity index (χ0n) is 28.3. The lowest BCUT2D eigenvalue weighted by Gasteiger charge is -2.50. The molecule has 0 aliphatic carbocycles. The number of rotatable bonds is 11. The number of hydrogen-bond acceptors (Lipinski definition) is 7. The SMILES string of the molecule is C=CC[C@H]1N(C(=O)c2cnccc2C(F)(F)F)CCC[C@@]1(Oc1ccc(C(F)(F)F)cc1)C(=O)N1CCN(c2ccccc2OCCOC)CC1.Cl. The normalized spacial score (nSPS) is 19.4. The van der Waals surface area contributed by atoms with Crippen LogP contribution >= 0.6 is 12.4 Å². The molecule has 3 aromatic rings. The van der Waals surface area contributed by atoms with Crippen molar-refractivity contribution in [3.05, 3.63) is 96.3 Å². The maximum absolute atomic E-state index is 14.8. The second-order valence-electron chi connectivity index (χ2n) is 12.2. The van der Waals surface area contributed by atoms with Crippen molar-refractivity contribution in [1.82, 2.24) is 14.8 Å². The molecule has 3 heterocycles. The predicted molar refractivity (Wildman–Crippen MR) is 183 cm³/mol. The maximum atomic E-state index is 14.8. The number of alkyl halides is 6. The number of nitrogens with zero attached hydrogens (tertiary/aromatic N) is 4. The Morgan fingerprint density at radius 1 is 0.942 bits per heavy atom. The van der Waals surface area contributed by atoms with Crippen LogP contribution < -0.4 is 14.4 Å². The molecule has 0 N–H and O–H groups in total. The van der Waals surface area contributed by atoms with Crippen LogP contribution in [0.5, 0.6) is 11.5 Å². The number of halogens is 7. The molecular formula is C36H39ClF6N4O5. The molecule has 0 unspecified atom stereocenters. The smallest absolute Gasteiger partial charge is 0.417 e. The van der Waals surface area contributed by atoms with Crippen molar-refractivity contribution >= 4 is 29.9 Å². The minimum absolute atomic E-state index is 0. The fraction of sp³-hybridized carbons (Fsp3) is 0.417. The minimum Gasteiger partial charge on any atom is -0.489 e. The predicted octanol–water partition coefficient (Wildman–Crippen LogP) is 6.91. The zero-order chi connectivity index (χ0) is 36.8. The first-order valence-electron chi connectivity index (χ1n) is 16.3. The molecule has 2 aliphatic heterocycles. The van der Waals surface area contributed by atoms with Gasteiger partial charge in [-0.15, -0.1) is 19.0 Å². The van der Waals surface area contributed by atoms with Crippen LogP contribution in [0, 0.1) is 0 Å². The van der Waals surface area contributed by atoms with E-state index in [0.717, 1.165) is 42.3 Å². The monoisotopic (exact) mass is 756 g/mol. The molecule has 0 spiro atoms. The quantitative estimate of drug-likeness (QED) is 0.120. The summed E-state index contributed by atoms with van der Waals surface area (Å²) in [6.45, 7) is 5.67. The second kappa shape index (κ2) is 16.9. The number of carbonyl (C=O) groups is 2. The van der Waals surface area contributed by atoms with Crippen LogP contribution in [-0.2, 0) is 21.9 Å². The summed E-state index contributed by atoms with van der Waals surface area (Å²) in [6, 6.07) is 10.8. The zero-order valence-corrected chi connectivity index (χ0v) is 29.1.